The molecule has 0 aliphatic carbocycles. The van der Waals surface area contributed by atoms with Crippen LogP contribution in [-0.4, -0.2) is 42.4 Å². The largest absolute Gasteiger partial charge is 0.527 e. The number of hydrogen-bond acceptors (Lipinski definition) is 5. The van der Waals surface area contributed by atoms with Gasteiger partial charge in [0.05, 0.1) is 0 Å². The van der Waals surface area contributed by atoms with Crippen LogP contribution in [0.3, 0.4) is 0 Å². The predicted octanol–water partition coefficient (Wildman–Crippen LogP) is 1.47. The topological polar surface area (TPSA) is 74.2 Å². The number of carboxylic acids is 1. The molecule has 0 bridgehead atoms. The van der Waals surface area contributed by atoms with Gasteiger partial charge in [0.1, 0.15) is 0 Å². The fourth-order valence-corrected chi connectivity index (χ4v) is 0.949. The van der Waals surface area contributed by atoms with Crippen LogP contribution < -0.4 is 0 Å². The quantitative estimate of drug-likeness (QED) is 0.793. The molecule has 0 radical (unpaired) electrons. The number of hydrogen-bond donors (Lipinski definition) is 1. The van der Waals surface area contributed by atoms with Crippen molar-refractivity contribution >= 4 is 5.97 Å². The first-order valence-corrected chi connectivity index (χ1v) is 4.07. The number of rotatable bonds is 4. The molecule has 112 valence electrons. The summed E-state index contributed by atoms with van der Waals surface area (Å²) < 4.78 is 98.2. The Labute approximate surface area is 98.1 Å². The van der Waals surface area contributed by atoms with Crippen molar-refractivity contribution in [2.45, 2.75) is 24.7 Å². The highest BCUT2D eigenvalue weighted by Gasteiger charge is 2.77. The van der Waals surface area contributed by atoms with Gasteiger partial charge < -0.3 is 9.84 Å². The van der Waals surface area contributed by atoms with Gasteiger partial charge in [-0.15, -0.1) is 22.0 Å². The van der Waals surface area contributed by atoms with Crippen LogP contribution in [0.25, 0.3) is 0 Å². The molecule has 19 heavy (non-hydrogen) atoms. The predicted molar refractivity (Wildman–Crippen MR) is 35.5 cm³/mol. The van der Waals surface area contributed by atoms with E-state index < -0.39 is 37.3 Å². The minimum atomic E-state index is -5.94. The third-order valence-electron chi connectivity index (χ3n) is 1.49. The first-order chi connectivity index (χ1) is 8.29. The lowest BCUT2D eigenvalue weighted by Crippen LogP contribution is -2.52. The lowest BCUT2D eigenvalue weighted by Gasteiger charge is -2.27. The zero-order chi connectivity index (χ0) is 15.1. The van der Waals surface area contributed by atoms with Gasteiger partial charge in [0.15, 0.2) is 6.61 Å². The van der Waals surface area contributed by atoms with E-state index in [9.17, 15) is 35.5 Å². The number of carboxylic acid groups (broad SMARTS) is 1. The molecule has 0 aromatic heterocycles. The second-order valence-electron chi connectivity index (χ2n) is 2.97. The Morgan fingerprint density at radius 3 is 2.00 bits per heavy atom. The maximum Gasteiger partial charge on any atom is 0.527 e. The number of alkyl halides is 7. The molecule has 0 amide bonds. The van der Waals surface area contributed by atoms with Crippen molar-refractivity contribution in [3.8, 4) is 0 Å². The summed E-state index contributed by atoms with van der Waals surface area (Å²) in [6, 6.07) is -10.2. The van der Waals surface area contributed by atoms with Crippen LogP contribution in [0, 0.1) is 0 Å². The molecule has 0 aromatic rings. The maximum absolute atomic E-state index is 13.4. The van der Waals surface area contributed by atoms with Crippen LogP contribution in [0.2, 0.25) is 0 Å². The molecule has 1 aliphatic heterocycles. The van der Waals surface area contributed by atoms with E-state index in [-0.39, 0.29) is 0 Å². The van der Waals surface area contributed by atoms with E-state index in [0.717, 1.165) is 0 Å². The summed E-state index contributed by atoms with van der Waals surface area (Å²) >= 11 is 0. The van der Waals surface area contributed by atoms with Gasteiger partial charge in [-0.1, -0.05) is 0 Å². The number of ether oxygens (including phenoxy) is 4. The number of carbonyl (C=O) groups is 1. The molecule has 0 saturated carbocycles. The number of aliphatic carboxylic acids is 1. The molecule has 1 N–H and O–H groups in total. The third-order valence-corrected chi connectivity index (χ3v) is 1.49. The summed E-state index contributed by atoms with van der Waals surface area (Å²) in [7, 11) is 0. The molecular weight excluding hydrogens is 301 g/mol. The Morgan fingerprint density at radius 2 is 1.58 bits per heavy atom. The van der Waals surface area contributed by atoms with E-state index in [1.54, 1.807) is 0 Å². The van der Waals surface area contributed by atoms with Gasteiger partial charge in [-0.25, -0.2) is 19.0 Å². The van der Waals surface area contributed by atoms with Crippen LogP contribution in [0.15, 0.2) is 0 Å². The van der Waals surface area contributed by atoms with Crippen molar-refractivity contribution in [1.29, 1.82) is 0 Å². The van der Waals surface area contributed by atoms with Gasteiger partial charge in [0, 0.05) is 0 Å². The molecule has 1 heterocycles. The van der Waals surface area contributed by atoms with E-state index in [2.05, 4.69) is 18.9 Å². The van der Waals surface area contributed by atoms with Crippen LogP contribution in [-0.2, 0) is 23.7 Å². The van der Waals surface area contributed by atoms with Crippen LogP contribution in [0.5, 0.6) is 0 Å². The first kappa shape index (κ1) is 15.9. The van der Waals surface area contributed by atoms with E-state index in [1.807, 2.05) is 0 Å². The second kappa shape index (κ2) is 4.43. The van der Waals surface area contributed by atoms with E-state index in [0.29, 0.717) is 0 Å². The SMILES string of the molecule is O=C(O)COC1(F)OC(F)(F)OC1(F)OC(F)(F)F. The van der Waals surface area contributed by atoms with Gasteiger partial charge in [-0.05, 0) is 0 Å². The average molecular weight is 304 g/mol. The Kier molecular flexibility index (Phi) is 3.70. The molecule has 1 fully saturated rings. The smallest absolute Gasteiger partial charge is 0.480 e. The van der Waals surface area contributed by atoms with Gasteiger partial charge in [-0.3, -0.25) is 0 Å². The van der Waals surface area contributed by atoms with Crippen LogP contribution in [0.1, 0.15) is 0 Å². The molecule has 1 aliphatic rings. The molecule has 0 aromatic carbocycles. The summed E-state index contributed by atoms with van der Waals surface area (Å²) in [6.07, 6.45) is -11.1. The standard InChI is InChI=1S/C6H3F7O6/c7-3(16-1-2(14)15)4(8,17-5(9,10)11)19-6(12,13)18-3/h1H2,(H,14,15). The highest BCUT2D eigenvalue weighted by atomic mass is 19.4. The molecular formula is C6H3F7O6. The molecule has 2 atom stereocenters. The summed E-state index contributed by atoms with van der Waals surface area (Å²) in [5.41, 5.74) is 0. The first-order valence-electron chi connectivity index (χ1n) is 4.07. The summed E-state index contributed by atoms with van der Waals surface area (Å²) in [5.74, 6) is -2.01. The Balaban J connectivity index is 3.00. The Bertz CT molecular complexity index is 372. The summed E-state index contributed by atoms with van der Waals surface area (Å²) in [4.78, 5) is 9.99. The maximum atomic E-state index is 13.4. The fourth-order valence-electron chi connectivity index (χ4n) is 0.949. The van der Waals surface area contributed by atoms with Gasteiger partial charge >= 0.3 is 30.7 Å². The van der Waals surface area contributed by atoms with E-state index in [4.69, 9.17) is 5.11 Å². The monoisotopic (exact) mass is 304 g/mol. The van der Waals surface area contributed by atoms with Crippen LogP contribution in [0.4, 0.5) is 30.7 Å². The lowest BCUT2D eigenvalue weighted by molar-refractivity contribution is -0.509. The zero-order valence-corrected chi connectivity index (χ0v) is 8.34. The Morgan fingerprint density at radius 1 is 1.11 bits per heavy atom. The average Bonchev–Trinajstić information content (AvgIpc) is 2.25. The van der Waals surface area contributed by atoms with Crippen molar-refractivity contribution in [2.24, 2.45) is 0 Å². The van der Waals surface area contributed by atoms with Gasteiger partial charge in [-0.2, -0.15) is 8.78 Å². The van der Waals surface area contributed by atoms with Crippen LogP contribution >= 0.6 is 0 Å². The molecule has 1 saturated heterocycles. The molecule has 6 nitrogen and oxygen atoms in total. The third kappa shape index (κ3) is 3.65. The highest BCUT2D eigenvalue weighted by Crippen LogP contribution is 2.51. The van der Waals surface area contributed by atoms with Crippen molar-refractivity contribution in [1.82, 2.24) is 0 Å². The molecule has 1 rings (SSSR count). The van der Waals surface area contributed by atoms with Gasteiger partial charge in [0.25, 0.3) is 0 Å². The lowest BCUT2D eigenvalue weighted by atomic mass is 10.5. The van der Waals surface area contributed by atoms with Crippen molar-refractivity contribution < 1.29 is 59.6 Å². The van der Waals surface area contributed by atoms with Crippen molar-refractivity contribution in [3.05, 3.63) is 0 Å². The van der Waals surface area contributed by atoms with Crippen molar-refractivity contribution in [3.63, 3.8) is 0 Å². The highest BCUT2D eigenvalue weighted by molar-refractivity contribution is 5.68. The second-order valence-corrected chi connectivity index (χ2v) is 2.97. The summed E-state index contributed by atoms with van der Waals surface area (Å²) in [5, 5.41) is 8.06. The number of halogens is 7. The molecule has 2 unspecified atom stereocenters. The fraction of sp³-hybridized carbons (Fsp3) is 0.833. The summed E-state index contributed by atoms with van der Waals surface area (Å²) in [6.45, 7) is -1.80. The van der Waals surface area contributed by atoms with Crippen molar-refractivity contribution in [2.75, 3.05) is 6.61 Å². The molecule has 13 heteroatoms. The minimum Gasteiger partial charge on any atom is -0.480 e. The minimum absolute atomic E-state index is 1.80. The van der Waals surface area contributed by atoms with Gasteiger partial charge in [0.2, 0.25) is 0 Å². The Hall–Kier alpha value is -1.18. The zero-order valence-electron chi connectivity index (χ0n) is 8.34. The van der Waals surface area contributed by atoms with E-state index >= 15 is 0 Å². The molecule has 0 spiro atoms. The normalized spacial score (nSPS) is 34.5. The van der Waals surface area contributed by atoms with E-state index in [1.165, 1.54) is 0 Å².